The fourth-order valence-electron chi connectivity index (χ4n) is 4.08. The van der Waals surface area contributed by atoms with Gasteiger partial charge < -0.3 is 19.7 Å². The van der Waals surface area contributed by atoms with Crippen LogP contribution in [-0.4, -0.2) is 49.0 Å². The van der Waals surface area contributed by atoms with Crippen molar-refractivity contribution in [1.82, 2.24) is 15.2 Å². The molecule has 0 bridgehead atoms. The van der Waals surface area contributed by atoms with Crippen molar-refractivity contribution in [1.29, 1.82) is 0 Å². The lowest BCUT2D eigenvalue weighted by atomic mass is 9.93. The van der Waals surface area contributed by atoms with Crippen LogP contribution in [0.15, 0.2) is 42.6 Å². The molecular formula is C25H33N3O4. The second kappa shape index (κ2) is 12.1. The number of piperidine rings is 1. The van der Waals surface area contributed by atoms with Gasteiger partial charge in [-0.1, -0.05) is 6.07 Å². The Kier molecular flexibility index (Phi) is 8.90. The highest BCUT2D eigenvalue weighted by Crippen LogP contribution is 2.25. The fourth-order valence-corrected chi connectivity index (χ4v) is 4.08. The first-order valence-corrected chi connectivity index (χ1v) is 11.2. The van der Waals surface area contributed by atoms with E-state index in [0.29, 0.717) is 43.2 Å². The highest BCUT2D eigenvalue weighted by atomic mass is 16.5. The Morgan fingerprint density at radius 3 is 2.78 bits per heavy atom. The van der Waals surface area contributed by atoms with Crippen molar-refractivity contribution in [3.8, 4) is 11.5 Å². The Morgan fingerprint density at radius 1 is 1.16 bits per heavy atom. The van der Waals surface area contributed by atoms with E-state index in [1.165, 1.54) is 0 Å². The second-order valence-corrected chi connectivity index (χ2v) is 8.16. The van der Waals surface area contributed by atoms with E-state index in [0.717, 1.165) is 43.6 Å². The van der Waals surface area contributed by atoms with E-state index in [9.17, 15) is 9.59 Å². The zero-order valence-electron chi connectivity index (χ0n) is 19.0. The van der Waals surface area contributed by atoms with E-state index in [4.69, 9.17) is 9.47 Å². The minimum Gasteiger partial charge on any atom is -0.497 e. The molecule has 0 saturated carbocycles. The molecule has 7 heteroatoms. The molecule has 0 unspecified atom stereocenters. The number of hydrogen-bond acceptors (Lipinski definition) is 5. The molecule has 1 aromatic carbocycles. The van der Waals surface area contributed by atoms with Gasteiger partial charge >= 0.3 is 0 Å². The molecule has 7 nitrogen and oxygen atoms in total. The van der Waals surface area contributed by atoms with Crippen LogP contribution in [-0.2, 0) is 22.6 Å². The van der Waals surface area contributed by atoms with Gasteiger partial charge in [-0.2, -0.15) is 0 Å². The summed E-state index contributed by atoms with van der Waals surface area (Å²) in [5.74, 6) is 1.96. The Morgan fingerprint density at radius 2 is 2.03 bits per heavy atom. The summed E-state index contributed by atoms with van der Waals surface area (Å²) in [4.78, 5) is 31.3. The summed E-state index contributed by atoms with van der Waals surface area (Å²) in [7, 11) is 3.21. The lowest BCUT2D eigenvalue weighted by Gasteiger charge is -2.33. The first-order valence-electron chi connectivity index (χ1n) is 11.2. The first-order chi connectivity index (χ1) is 15.6. The third-order valence-electron chi connectivity index (χ3n) is 5.94. The third kappa shape index (κ3) is 6.97. The molecule has 3 rings (SSSR count). The lowest BCUT2D eigenvalue weighted by Crippen LogP contribution is -2.40. The zero-order chi connectivity index (χ0) is 22.8. The SMILES string of the molecule is COc1ccc(CNC(=O)CC[C@@H]2CCCN(C(=O)CCc3ccccn3)C2)c(OC)c1. The molecule has 0 spiro atoms. The van der Waals surface area contributed by atoms with Crippen molar-refractivity contribution < 1.29 is 19.1 Å². The number of aryl methyl sites for hydroxylation is 1. The summed E-state index contributed by atoms with van der Waals surface area (Å²) in [6, 6.07) is 11.3. The first kappa shape index (κ1) is 23.6. The van der Waals surface area contributed by atoms with Crippen molar-refractivity contribution in [2.24, 2.45) is 5.92 Å². The van der Waals surface area contributed by atoms with Gasteiger partial charge in [-0.15, -0.1) is 0 Å². The summed E-state index contributed by atoms with van der Waals surface area (Å²) in [5, 5.41) is 2.98. The van der Waals surface area contributed by atoms with Gasteiger partial charge in [0.1, 0.15) is 11.5 Å². The molecule has 1 N–H and O–H groups in total. The number of nitrogens with zero attached hydrogens (tertiary/aromatic N) is 2. The van der Waals surface area contributed by atoms with Crippen molar-refractivity contribution in [3.63, 3.8) is 0 Å². The quantitative estimate of drug-likeness (QED) is 0.614. The monoisotopic (exact) mass is 439 g/mol. The predicted molar refractivity (Wildman–Crippen MR) is 122 cm³/mol. The molecule has 2 amide bonds. The number of methoxy groups -OCH3 is 2. The smallest absolute Gasteiger partial charge is 0.222 e. The van der Waals surface area contributed by atoms with Gasteiger partial charge in [-0.05, 0) is 55.9 Å². The Bertz CT molecular complexity index is 888. The zero-order valence-corrected chi connectivity index (χ0v) is 19.0. The normalized spacial score (nSPS) is 15.8. The number of ether oxygens (including phenoxy) is 2. The van der Waals surface area contributed by atoms with Crippen LogP contribution < -0.4 is 14.8 Å². The van der Waals surface area contributed by atoms with Gasteiger partial charge in [-0.3, -0.25) is 14.6 Å². The topological polar surface area (TPSA) is 80.8 Å². The summed E-state index contributed by atoms with van der Waals surface area (Å²) >= 11 is 0. The molecule has 1 saturated heterocycles. The average Bonchev–Trinajstić information content (AvgIpc) is 2.85. The molecule has 1 aliphatic heterocycles. The van der Waals surface area contributed by atoms with Crippen LogP contribution in [0.5, 0.6) is 11.5 Å². The maximum Gasteiger partial charge on any atom is 0.222 e. The molecule has 32 heavy (non-hydrogen) atoms. The van der Waals surface area contributed by atoms with E-state index in [1.54, 1.807) is 20.4 Å². The Labute approximate surface area is 190 Å². The molecule has 1 atom stereocenters. The molecule has 2 aromatic rings. The number of aromatic nitrogens is 1. The molecule has 2 heterocycles. The largest absolute Gasteiger partial charge is 0.497 e. The number of carbonyl (C=O) groups excluding carboxylic acids is 2. The fraction of sp³-hybridized carbons (Fsp3) is 0.480. The maximum atomic E-state index is 12.6. The van der Waals surface area contributed by atoms with Crippen LogP contribution >= 0.6 is 0 Å². The minimum atomic E-state index is 0.0153. The summed E-state index contributed by atoms with van der Waals surface area (Å²) in [6.07, 6.45) is 6.20. The molecule has 0 radical (unpaired) electrons. The molecular weight excluding hydrogens is 406 g/mol. The number of pyridine rings is 1. The van der Waals surface area contributed by atoms with E-state index in [2.05, 4.69) is 10.3 Å². The van der Waals surface area contributed by atoms with E-state index in [-0.39, 0.29) is 11.8 Å². The van der Waals surface area contributed by atoms with Crippen molar-refractivity contribution in [2.45, 2.75) is 45.1 Å². The summed E-state index contributed by atoms with van der Waals surface area (Å²) in [5.41, 5.74) is 1.85. The molecule has 1 fully saturated rings. The number of likely N-dealkylation sites (tertiary alicyclic amines) is 1. The minimum absolute atomic E-state index is 0.0153. The molecule has 1 aromatic heterocycles. The number of rotatable bonds is 10. The second-order valence-electron chi connectivity index (χ2n) is 8.16. The van der Waals surface area contributed by atoms with Crippen LogP contribution in [0.3, 0.4) is 0 Å². The maximum absolute atomic E-state index is 12.6. The Hall–Kier alpha value is -3.09. The predicted octanol–water partition coefficient (Wildman–Crippen LogP) is 3.37. The van der Waals surface area contributed by atoms with Gasteiger partial charge in [-0.25, -0.2) is 0 Å². The van der Waals surface area contributed by atoms with Crippen LogP contribution in [0.25, 0.3) is 0 Å². The van der Waals surface area contributed by atoms with Gasteiger partial charge in [0.05, 0.1) is 14.2 Å². The van der Waals surface area contributed by atoms with Crippen LogP contribution in [0.2, 0.25) is 0 Å². The average molecular weight is 440 g/mol. The van der Waals surface area contributed by atoms with Gasteiger partial charge in [0.2, 0.25) is 11.8 Å². The highest BCUT2D eigenvalue weighted by Gasteiger charge is 2.24. The Balaban J connectivity index is 1.40. The number of hydrogen-bond donors (Lipinski definition) is 1. The standard InChI is InChI=1S/C25H33N3O4/c1-31-22-11-9-20(23(16-22)32-2)17-27-24(29)12-8-19-6-5-15-28(18-19)25(30)13-10-21-7-3-4-14-26-21/h3-4,7,9,11,14,16,19H,5-6,8,10,12-13,15,17-18H2,1-2H3,(H,27,29)/t19-/m0/s1. The summed E-state index contributed by atoms with van der Waals surface area (Å²) < 4.78 is 10.6. The van der Waals surface area contributed by atoms with Gasteiger partial charge in [0, 0.05) is 56.0 Å². The van der Waals surface area contributed by atoms with E-state index in [1.807, 2.05) is 41.3 Å². The van der Waals surface area contributed by atoms with Crippen molar-refractivity contribution in [3.05, 3.63) is 53.9 Å². The molecule has 1 aliphatic rings. The highest BCUT2D eigenvalue weighted by molar-refractivity contribution is 5.77. The number of amides is 2. The lowest BCUT2D eigenvalue weighted by molar-refractivity contribution is -0.133. The summed E-state index contributed by atoms with van der Waals surface area (Å²) in [6.45, 7) is 1.95. The van der Waals surface area contributed by atoms with Crippen molar-refractivity contribution >= 4 is 11.8 Å². The number of carbonyl (C=O) groups is 2. The van der Waals surface area contributed by atoms with E-state index >= 15 is 0 Å². The van der Waals surface area contributed by atoms with Crippen LogP contribution in [0, 0.1) is 5.92 Å². The van der Waals surface area contributed by atoms with Gasteiger partial charge in [0.15, 0.2) is 0 Å². The van der Waals surface area contributed by atoms with Gasteiger partial charge in [0.25, 0.3) is 0 Å². The van der Waals surface area contributed by atoms with Crippen LogP contribution in [0.4, 0.5) is 0 Å². The number of benzene rings is 1. The molecule has 172 valence electrons. The van der Waals surface area contributed by atoms with E-state index < -0.39 is 0 Å². The number of nitrogens with one attached hydrogen (secondary N) is 1. The molecule has 0 aliphatic carbocycles. The van der Waals surface area contributed by atoms with Crippen LogP contribution in [0.1, 0.15) is 43.4 Å². The third-order valence-corrected chi connectivity index (χ3v) is 5.94. The van der Waals surface area contributed by atoms with Crippen molar-refractivity contribution in [2.75, 3.05) is 27.3 Å².